The van der Waals surface area contributed by atoms with Gasteiger partial charge in [-0.05, 0) is 98.6 Å². The molecule has 1 heterocycles. The van der Waals surface area contributed by atoms with Gasteiger partial charge in [0.2, 0.25) is 0 Å². The highest BCUT2D eigenvalue weighted by atomic mass is 79.9. The van der Waals surface area contributed by atoms with E-state index in [0.29, 0.717) is 34.7 Å². The topological polar surface area (TPSA) is 41.9 Å². The minimum atomic E-state index is -0.325. The summed E-state index contributed by atoms with van der Waals surface area (Å²) in [6, 6.07) is 9.63. The van der Waals surface area contributed by atoms with Crippen LogP contribution < -0.4 is 4.74 Å². The van der Waals surface area contributed by atoms with Gasteiger partial charge in [0.15, 0.2) is 5.17 Å². The SMILES string of the molecule is C=CCOc1c(Br)cc(/C=C2\SC(=Nc3ccc(F)cc3)N(CC)C2=O)cc1Br. The molecule has 0 atom stereocenters. The van der Waals surface area contributed by atoms with Crippen molar-refractivity contribution < 1.29 is 13.9 Å². The summed E-state index contributed by atoms with van der Waals surface area (Å²) in [5.41, 5.74) is 1.43. The van der Waals surface area contributed by atoms with Gasteiger partial charge in [-0.1, -0.05) is 12.7 Å². The van der Waals surface area contributed by atoms with Crippen LogP contribution in [0.5, 0.6) is 5.75 Å². The summed E-state index contributed by atoms with van der Waals surface area (Å²) in [5.74, 6) is 0.234. The molecule has 2 aromatic carbocycles. The molecular weight excluding hydrogens is 523 g/mol. The Morgan fingerprint density at radius 3 is 2.48 bits per heavy atom. The number of hydrogen-bond acceptors (Lipinski definition) is 4. The minimum absolute atomic E-state index is 0.113. The predicted octanol–water partition coefficient (Wildman–Crippen LogP) is 6.54. The van der Waals surface area contributed by atoms with Crippen LogP contribution in [-0.4, -0.2) is 29.1 Å². The molecule has 0 bridgehead atoms. The summed E-state index contributed by atoms with van der Waals surface area (Å²) >= 11 is 8.30. The van der Waals surface area contributed by atoms with Gasteiger partial charge >= 0.3 is 0 Å². The molecule has 0 N–H and O–H groups in total. The predicted molar refractivity (Wildman–Crippen MR) is 124 cm³/mol. The monoisotopic (exact) mass is 538 g/mol. The summed E-state index contributed by atoms with van der Waals surface area (Å²) in [4.78, 5) is 19.5. The number of hydrogen-bond donors (Lipinski definition) is 0. The quantitative estimate of drug-likeness (QED) is 0.309. The zero-order valence-electron chi connectivity index (χ0n) is 15.5. The molecule has 150 valence electrons. The number of rotatable bonds is 6. The van der Waals surface area contributed by atoms with E-state index in [4.69, 9.17) is 4.74 Å². The van der Waals surface area contributed by atoms with Crippen LogP contribution in [0.25, 0.3) is 6.08 Å². The lowest BCUT2D eigenvalue weighted by molar-refractivity contribution is -0.122. The summed E-state index contributed by atoms with van der Waals surface area (Å²) in [6.07, 6.45) is 3.49. The summed E-state index contributed by atoms with van der Waals surface area (Å²) in [6.45, 7) is 6.42. The van der Waals surface area contributed by atoms with Gasteiger partial charge in [-0.2, -0.15) is 0 Å². The maximum Gasteiger partial charge on any atom is 0.266 e. The number of thioether (sulfide) groups is 1. The van der Waals surface area contributed by atoms with Crippen LogP contribution in [0.4, 0.5) is 10.1 Å². The van der Waals surface area contributed by atoms with E-state index in [-0.39, 0.29) is 11.7 Å². The highest BCUT2D eigenvalue weighted by molar-refractivity contribution is 9.11. The van der Waals surface area contributed by atoms with Crippen molar-refractivity contribution in [3.63, 3.8) is 0 Å². The van der Waals surface area contributed by atoms with E-state index in [1.54, 1.807) is 23.1 Å². The molecule has 1 amide bonds. The van der Waals surface area contributed by atoms with E-state index in [1.165, 1.54) is 23.9 Å². The first kappa shape index (κ1) is 21.8. The van der Waals surface area contributed by atoms with Crippen molar-refractivity contribution in [3.05, 3.63) is 74.3 Å². The number of carbonyl (C=O) groups excluding carboxylic acids is 1. The van der Waals surface area contributed by atoms with Crippen LogP contribution in [0, 0.1) is 5.82 Å². The molecule has 1 fully saturated rings. The van der Waals surface area contributed by atoms with E-state index >= 15 is 0 Å². The number of likely N-dealkylation sites (N-methyl/N-ethyl adjacent to an activating group) is 1. The van der Waals surface area contributed by atoms with Crippen molar-refractivity contribution in [2.24, 2.45) is 4.99 Å². The number of amidine groups is 1. The van der Waals surface area contributed by atoms with Crippen LogP contribution in [-0.2, 0) is 4.79 Å². The second-order valence-electron chi connectivity index (χ2n) is 5.94. The Balaban J connectivity index is 1.91. The molecule has 2 aromatic rings. The van der Waals surface area contributed by atoms with Crippen molar-refractivity contribution in [1.29, 1.82) is 0 Å². The van der Waals surface area contributed by atoms with Gasteiger partial charge in [0.25, 0.3) is 5.91 Å². The van der Waals surface area contributed by atoms with Crippen LogP contribution >= 0.6 is 43.6 Å². The van der Waals surface area contributed by atoms with Gasteiger partial charge in [0.1, 0.15) is 18.2 Å². The normalized spacial score (nSPS) is 16.7. The first-order valence-corrected chi connectivity index (χ1v) is 11.1. The van der Waals surface area contributed by atoms with Gasteiger partial charge in [-0.15, -0.1) is 0 Å². The average molecular weight is 540 g/mol. The van der Waals surface area contributed by atoms with E-state index in [2.05, 4.69) is 43.4 Å². The molecule has 0 spiro atoms. The van der Waals surface area contributed by atoms with Gasteiger partial charge in [0.05, 0.1) is 19.5 Å². The number of aliphatic imine (C=N–C) groups is 1. The summed E-state index contributed by atoms with van der Waals surface area (Å²) < 4.78 is 20.3. The fourth-order valence-corrected chi connectivity index (χ4v) is 5.10. The van der Waals surface area contributed by atoms with Crippen molar-refractivity contribution in [3.8, 4) is 5.75 Å². The maximum atomic E-state index is 13.1. The van der Waals surface area contributed by atoms with E-state index in [0.717, 1.165) is 14.5 Å². The van der Waals surface area contributed by atoms with Crippen molar-refractivity contribution in [2.45, 2.75) is 6.92 Å². The Bertz CT molecular complexity index is 983. The van der Waals surface area contributed by atoms with Crippen LogP contribution in [0.1, 0.15) is 12.5 Å². The second kappa shape index (κ2) is 9.73. The minimum Gasteiger partial charge on any atom is -0.487 e. The Morgan fingerprint density at radius 2 is 1.90 bits per heavy atom. The maximum absolute atomic E-state index is 13.1. The fourth-order valence-electron chi connectivity index (χ4n) is 2.59. The molecule has 1 saturated heterocycles. The van der Waals surface area contributed by atoms with Crippen LogP contribution in [0.15, 0.2) is 67.9 Å². The third kappa shape index (κ3) is 5.18. The highest BCUT2D eigenvalue weighted by Crippen LogP contribution is 2.38. The van der Waals surface area contributed by atoms with Gasteiger partial charge in [-0.3, -0.25) is 9.69 Å². The molecule has 0 unspecified atom stereocenters. The lowest BCUT2D eigenvalue weighted by Gasteiger charge is -2.12. The fraction of sp³-hybridized carbons (Fsp3) is 0.143. The zero-order valence-corrected chi connectivity index (χ0v) is 19.5. The molecule has 0 saturated carbocycles. The molecule has 3 rings (SSSR count). The van der Waals surface area contributed by atoms with E-state index in [9.17, 15) is 9.18 Å². The van der Waals surface area contributed by atoms with Gasteiger partial charge < -0.3 is 4.74 Å². The molecule has 0 radical (unpaired) electrons. The molecule has 0 aliphatic carbocycles. The highest BCUT2D eigenvalue weighted by Gasteiger charge is 2.32. The first-order chi connectivity index (χ1) is 13.9. The average Bonchev–Trinajstić information content (AvgIpc) is 2.97. The number of amides is 1. The third-order valence-electron chi connectivity index (χ3n) is 3.92. The summed E-state index contributed by atoms with van der Waals surface area (Å²) in [5, 5.41) is 0.569. The number of benzene rings is 2. The summed E-state index contributed by atoms with van der Waals surface area (Å²) in [7, 11) is 0. The zero-order chi connectivity index (χ0) is 21.0. The molecular formula is C21H17Br2FN2O2S. The Hall–Kier alpha value is -1.90. The smallest absolute Gasteiger partial charge is 0.266 e. The third-order valence-corrected chi connectivity index (χ3v) is 6.10. The van der Waals surface area contributed by atoms with Gasteiger partial charge in [-0.25, -0.2) is 9.38 Å². The lowest BCUT2D eigenvalue weighted by Crippen LogP contribution is -2.28. The Kier molecular flexibility index (Phi) is 7.32. The second-order valence-corrected chi connectivity index (χ2v) is 8.66. The van der Waals surface area contributed by atoms with Crippen LogP contribution in [0.2, 0.25) is 0 Å². The standard InChI is InChI=1S/C21H17Br2FN2O2S/c1-3-9-28-19-16(22)10-13(11-17(19)23)12-18-20(27)26(4-2)21(29-18)25-15-7-5-14(24)6-8-15/h3,5-8,10-12H,1,4,9H2,2H3/b18-12-,25-21?. The van der Waals surface area contributed by atoms with E-state index < -0.39 is 0 Å². The molecule has 8 heteroatoms. The first-order valence-electron chi connectivity index (χ1n) is 8.71. The number of ether oxygens (including phenoxy) is 1. The van der Waals surface area contributed by atoms with Crippen molar-refractivity contribution in [1.82, 2.24) is 4.90 Å². The number of halogens is 3. The van der Waals surface area contributed by atoms with Crippen molar-refractivity contribution in [2.75, 3.05) is 13.2 Å². The van der Waals surface area contributed by atoms with Crippen LogP contribution in [0.3, 0.4) is 0 Å². The molecule has 1 aliphatic rings. The lowest BCUT2D eigenvalue weighted by atomic mass is 10.2. The Morgan fingerprint density at radius 1 is 1.24 bits per heavy atom. The molecule has 0 aromatic heterocycles. The largest absolute Gasteiger partial charge is 0.487 e. The Labute approximate surface area is 189 Å². The number of nitrogens with zero attached hydrogens (tertiary/aromatic N) is 2. The van der Waals surface area contributed by atoms with Crippen molar-refractivity contribution >= 4 is 66.5 Å². The molecule has 29 heavy (non-hydrogen) atoms. The van der Waals surface area contributed by atoms with Gasteiger partial charge in [0, 0.05) is 6.54 Å². The van der Waals surface area contributed by atoms with E-state index in [1.807, 2.05) is 25.1 Å². The number of carbonyl (C=O) groups is 1. The molecule has 4 nitrogen and oxygen atoms in total. The molecule has 1 aliphatic heterocycles.